The predicted molar refractivity (Wildman–Crippen MR) is 94.2 cm³/mol. The topological polar surface area (TPSA) is 42.0 Å². The first-order valence-corrected chi connectivity index (χ1v) is 8.40. The molecule has 23 heavy (non-hydrogen) atoms. The van der Waals surface area contributed by atoms with E-state index in [4.69, 9.17) is 0 Å². The van der Waals surface area contributed by atoms with Crippen LogP contribution >= 0.6 is 11.3 Å². The number of carbonyl (C=O) groups is 1. The van der Waals surface area contributed by atoms with Crippen molar-refractivity contribution in [1.82, 2.24) is 4.98 Å². The zero-order valence-corrected chi connectivity index (χ0v) is 13.8. The Kier molecular flexibility index (Phi) is 3.27. The molecule has 2 aromatic carbocycles. The van der Waals surface area contributed by atoms with Gasteiger partial charge in [0.15, 0.2) is 5.13 Å². The molecule has 1 aliphatic rings. The molecular formula is C19H16N2OS. The molecule has 0 radical (unpaired) electrons. The lowest BCUT2D eigenvalue weighted by atomic mass is 10.1. The quantitative estimate of drug-likeness (QED) is 0.587. The van der Waals surface area contributed by atoms with E-state index >= 15 is 0 Å². The minimum atomic E-state index is -0.0943. The Morgan fingerprint density at radius 3 is 2.83 bits per heavy atom. The smallest absolute Gasteiger partial charge is 0.257 e. The second kappa shape index (κ2) is 5.32. The Hall–Kier alpha value is -2.46. The SMILES string of the molecule is Cc1ccc(C(=O)Nc2nc3c(s2)Cc2ccccc2-3)c(C)c1. The van der Waals surface area contributed by atoms with Crippen LogP contribution in [0, 0.1) is 13.8 Å². The maximum atomic E-state index is 12.5. The highest BCUT2D eigenvalue weighted by molar-refractivity contribution is 7.16. The van der Waals surface area contributed by atoms with E-state index in [0.717, 1.165) is 23.2 Å². The van der Waals surface area contributed by atoms with Crippen LogP contribution in [0.2, 0.25) is 0 Å². The van der Waals surface area contributed by atoms with Crippen molar-refractivity contribution in [3.63, 3.8) is 0 Å². The molecule has 4 heteroatoms. The molecule has 1 amide bonds. The van der Waals surface area contributed by atoms with E-state index in [1.807, 2.05) is 38.1 Å². The molecule has 0 saturated heterocycles. The normalized spacial score (nSPS) is 11.9. The third-order valence-electron chi connectivity index (χ3n) is 4.17. The summed E-state index contributed by atoms with van der Waals surface area (Å²) < 4.78 is 0. The molecule has 0 bridgehead atoms. The summed E-state index contributed by atoms with van der Waals surface area (Å²) in [7, 11) is 0. The van der Waals surface area contributed by atoms with Gasteiger partial charge in [-0.2, -0.15) is 0 Å². The van der Waals surface area contributed by atoms with Crippen molar-refractivity contribution >= 4 is 22.4 Å². The van der Waals surface area contributed by atoms with Crippen molar-refractivity contribution in [2.75, 3.05) is 5.32 Å². The van der Waals surface area contributed by atoms with Crippen LogP contribution in [0.5, 0.6) is 0 Å². The summed E-state index contributed by atoms with van der Waals surface area (Å²) in [5.41, 5.74) is 6.35. The fraction of sp³-hybridized carbons (Fsp3) is 0.158. The minimum Gasteiger partial charge on any atom is -0.298 e. The first-order valence-electron chi connectivity index (χ1n) is 7.58. The Labute approximate surface area is 139 Å². The van der Waals surface area contributed by atoms with Gasteiger partial charge in [0.25, 0.3) is 5.91 Å². The number of amides is 1. The van der Waals surface area contributed by atoms with E-state index in [0.29, 0.717) is 10.7 Å². The summed E-state index contributed by atoms with van der Waals surface area (Å²) >= 11 is 1.57. The number of aromatic nitrogens is 1. The number of benzene rings is 2. The number of thiazole rings is 1. The van der Waals surface area contributed by atoms with Crippen molar-refractivity contribution in [2.24, 2.45) is 0 Å². The predicted octanol–water partition coefficient (Wildman–Crippen LogP) is 4.58. The van der Waals surface area contributed by atoms with Gasteiger partial charge in [-0.25, -0.2) is 4.98 Å². The van der Waals surface area contributed by atoms with Gasteiger partial charge in [-0.15, -0.1) is 11.3 Å². The first-order chi connectivity index (χ1) is 11.1. The van der Waals surface area contributed by atoms with Crippen molar-refractivity contribution in [3.8, 4) is 11.3 Å². The van der Waals surface area contributed by atoms with Gasteiger partial charge >= 0.3 is 0 Å². The summed E-state index contributed by atoms with van der Waals surface area (Å²) in [6, 6.07) is 14.2. The molecule has 0 aliphatic heterocycles. The second-order valence-electron chi connectivity index (χ2n) is 5.90. The monoisotopic (exact) mass is 320 g/mol. The summed E-state index contributed by atoms with van der Waals surface area (Å²) in [5, 5.41) is 3.62. The van der Waals surface area contributed by atoms with Crippen molar-refractivity contribution in [1.29, 1.82) is 0 Å². The Morgan fingerprint density at radius 1 is 1.17 bits per heavy atom. The lowest BCUT2D eigenvalue weighted by Crippen LogP contribution is -2.13. The molecule has 0 fully saturated rings. The molecule has 0 spiro atoms. The molecule has 1 N–H and O–H groups in total. The zero-order valence-electron chi connectivity index (χ0n) is 13.0. The van der Waals surface area contributed by atoms with E-state index < -0.39 is 0 Å². The third-order valence-corrected chi connectivity index (χ3v) is 5.14. The standard InChI is InChI=1S/C19H16N2OS/c1-11-7-8-14(12(2)9-11)18(22)21-19-20-17-15-6-4-3-5-13(15)10-16(17)23-19/h3-9H,10H2,1-2H3,(H,20,21,22). The number of fused-ring (bicyclic) bond motifs is 3. The van der Waals surface area contributed by atoms with Gasteiger partial charge in [-0.05, 0) is 31.0 Å². The molecule has 3 aromatic rings. The van der Waals surface area contributed by atoms with Crippen LogP contribution in [-0.4, -0.2) is 10.9 Å². The largest absolute Gasteiger partial charge is 0.298 e. The first kappa shape index (κ1) is 14.2. The molecular weight excluding hydrogens is 304 g/mol. The highest BCUT2D eigenvalue weighted by Gasteiger charge is 2.23. The van der Waals surface area contributed by atoms with Crippen molar-refractivity contribution in [3.05, 3.63) is 69.6 Å². The molecule has 0 unspecified atom stereocenters. The third kappa shape index (κ3) is 2.45. The molecule has 1 aromatic heterocycles. The summed E-state index contributed by atoms with van der Waals surface area (Å²) in [5.74, 6) is -0.0943. The fourth-order valence-corrected chi connectivity index (χ4v) is 4.04. The lowest BCUT2D eigenvalue weighted by Gasteiger charge is -2.06. The summed E-state index contributed by atoms with van der Waals surface area (Å²) in [6.07, 6.45) is 0.905. The molecule has 114 valence electrons. The molecule has 1 aliphatic carbocycles. The van der Waals surface area contributed by atoms with Gasteiger partial charge in [0.2, 0.25) is 0 Å². The van der Waals surface area contributed by atoms with Crippen LogP contribution in [0.25, 0.3) is 11.3 Å². The average molecular weight is 320 g/mol. The Morgan fingerprint density at radius 2 is 2.00 bits per heavy atom. The molecule has 0 atom stereocenters. The van der Waals surface area contributed by atoms with Crippen LogP contribution < -0.4 is 5.32 Å². The number of nitrogens with zero attached hydrogens (tertiary/aromatic N) is 1. The van der Waals surface area contributed by atoms with Crippen LogP contribution in [-0.2, 0) is 6.42 Å². The van der Waals surface area contributed by atoms with Gasteiger partial charge in [0, 0.05) is 22.4 Å². The summed E-state index contributed by atoms with van der Waals surface area (Å²) in [4.78, 5) is 18.3. The van der Waals surface area contributed by atoms with E-state index in [2.05, 4.69) is 28.5 Å². The molecule has 0 saturated carbocycles. The lowest BCUT2D eigenvalue weighted by molar-refractivity contribution is 0.102. The number of rotatable bonds is 2. The van der Waals surface area contributed by atoms with Crippen LogP contribution in [0.4, 0.5) is 5.13 Å². The number of anilines is 1. The molecule has 3 nitrogen and oxygen atoms in total. The van der Waals surface area contributed by atoms with Gasteiger partial charge in [-0.1, -0.05) is 42.0 Å². The van der Waals surface area contributed by atoms with E-state index in [1.54, 1.807) is 11.3 Å². The van der Waals surface area contributed by atoms with Gasteiger partial charge in [0.05, 0.1) is 5.69 Å². The van der Waals surface area contributed by atoms with Crippen LogP contribution in [0.15, 0.2) is 42.5 Å². The van der Waals surface area contributed by atoms with Crippen molar-refractivity contribution in [2.45, 2.75) is 20.3 Å². The molecule has 1 heterocycles. The van der Waals surface area contributed by atoms with Crippen molar-refractivity contribution < 1.29 is 4.79 Å². The van der Waals surface area contributed by atoms with E-state index in [1.165, 1.54) is 16.0 Å². The number of hydrogen-bond acceptors (Lipinski definition) is 3. The van der Waals surface area contributed by atoms with Gasteiger partial charge < -0.3 is 0 Å². The van der Waals surface area contributed by atoms with Gasteiger partial charge in [-0.3, -0.25) is 10.1 Å². The number of hydrogen-bond donors (Lipinski definition) is 1. The Balaban J connectivity index is 1.61. The highest BCUT2D eigenvalue weighted by Crippen LogP contribution is 2.40. The average Bonchev–Trinajstić information content (AvgIpc) is 3.04. The highest BCUT2D eigenvalue weighted by atomic mass is 32.1. The minimum absolute atomic E-state index is 0.0943. The molecule has 4 rings (SSSR count). The van der Waals surface area contributed by atoms with Gasteiger partial charge in [0.1, 0.15) is 0 Å². The maximum Gasteiger partial charge on any atom is 0.257 e. The number of carbonyl (C=O) groups excluding carboxylic acids is 1. The van der Waals surface area contributed by atoms with Crippen LogP contribution in [0.3, 0.4) is 0 Å². The fourth-order valence-electron chi connectivity index (χ4n) is 3.05. The Bertz CT molecular complexity index is 927. The second-order valence-corrected chi connectivity index (χ2v) is 6.98. The summed E-state index contributed by atoms with van der Waals surface area (Å²) in [6.45, 7) is 3.98. The number of aryl methyl sites for hydroxylation is 2. The van der Waals surface area contributed by atoms with Crippen LogP contribution in [0.1, 0.15) is 31.9 Å². The van der Waals surface area contributed by atoms with E-state index in [9.17, 15) is 4.79 Å². The number of nitrogens with one attached hydrogen (secondary N) is 1. The zero-order chi connectivity index (χ0) is 16.0. The maximum absolute atomic E-state index is 12.5. The van der Waals surface area contributed by atoms with E-state index in [-0.39, 0.29) is 5.91 Å².